The number of halogens is 4. The summed E-state index contributed by atoms with van der Waals surface area (Å²) < 4.78 is 71.1. The SMILES string of the molecule is CC1CN(c2ccc(Cl)c(OC(F)(F)F)c2)CC(C)N1S(=O)(=O)c1cccc2c1CC(C(=O)O)C2. The molecule has 0 spiro atoms. The number of fused-ring (bicyclic) bond motifs is 1. The molecule has 2 aromatic carbocycles. The van der Waals surface area contributed by atoms with Crippen LogP contribution in [0.5, 0.6) is 5.75 Å². The molecule has 12 heteroatoms. The zero-order valence-corrected chi connectivity index (χ0v) is 20.5. The first-order valence-corrected chi connectivity index (χ1v) is 12.8. The Morgan fingerprint density at radius 3 is 2.37 bits per heavy atom. The van der Waals surface area contributed by atoms with Crippen LogP contribution in [0.15, 0.2) is 41.3 Å². The van der Waals surface area contributed by atoms with Gasteiger partial charge in [0.1, 0.15) is 5.75 Å². The molecule has 35 heavy (non-hydrogen) atoms. The minimum absolute atomic E-state index is 0.109. The van der Waals surface area contributed by atoms with Gasteiger partial charge >= 0.3 is 12.3 Å². The van der Waals surface area contributed by atoms with Crippen molar-refractivity contribution in [3.8, 4) is 5.75 Å². The van der Waals surface area contributed by atoms with Gasteiger partial charge in [0.05, 0.1) is 15.8 Å². The summed E-state index contributed by atoms with van der Waals surface area (Å²) in [7, 11) is -3.96. The summed E-state index contributed by atoms with van der Waals surface area (Å²) in [6, 6.07) is 7.91. The fourth-order valence-corrected chi connectivity index (χ4v) is 7.27. The zero-order chi connectivity index (χ0) is 25.7. The number of piperazine rings is 1. The first-order valence-electron chi connectivity index (χ1n) is 10.9. The van der Waals surface area contributed by atoms with Crippen LogP contribution in [-0.4, -0.2) is 55.3 Å². The van der Waals surface area contributed by atoms with Crippen LogP contribution in [0, 0.1) is 5.92 Å². The summed E-state index contributed by atoms with van der Waals surface area (Å²) in [5.74, 6) is -2.15. The number of rotatable bonds is 5. The van der Waals surface area contributed by atoms with Gasteiger partial charge in [-0.1, -0.05) is 23.7 Å². The van der Waals surface area contributed by atoms with Gasteiger partial charge in [0, 0.05) is 36.9 Å². The minimum atomic E-state index is -4.90. The third-order valence-corrected chi connectivity index (χ3v) is 8.92. The normalized spacial score (nSPS) is 23.3. The van der Waals surface area contributed by atoms with E-state index in [1.807, 2.05) is 0 Å². The molecule has 0 radical (unpaired) electrons. The van der Waals surface area contributed by atoms with Gasteiger partial charge in [0.25, 0.3) is 0 Å². The minimum Gasteiger partial charge on any atom is -0.481 e. The number of sulfonamides is 1. The lowest BCUT2D eigenvalue weighted by Gasteiger charge is -2.44. The van der Waals surface area contributed by atoms with E-state index in [0.717, 1.165) is 5.56 Å². The van der Waals surface area contributed by atoms with Crippen molar-refractivity contribution < 1.29 is 36.2 Å². The Morgan fingerprint density at radius 2 is 1.77 bits per heavy atom. The van der Waals surface area contributed by atoms with E-state index in [1.165, 1.54) is 22.5 Å². The van der Waals surface area contributed by atoms with Crippen LogP contribution in [0.25, 0.3) is 0 Å². The molecule has 1 saturated heterocycles. The standard InChI is InChI=1S/C23H24ClF3N2O5S/c1-13-11-28(17-6-7-19(24)20(10-17)34-23(25,26)27)12-14(2)29(13)35(32,33)21-5-3-4-15-8-16(22(30)31)9-18(15)21/h3-7,10,13-14,16H,8-9,11-12H2,1-2H3,(H,30,31). The van der Waals surface area contributed by atoms with Gasteiger partial charge in [-0.15, -0.1) is 13.2 Å². The molecule has 0 amide bonds. The van der Waals surface area contributed by atoms with Crippen molar-refractivity contribution in [1.29, 1.82) is 0 Å². The molecule has 0 saturated carbocycles. The Bertz CT molecular complexity index is 1240. The van der Waals surface area contributed by atoms with E-state index < -0.39 is 46.1 Å². The van der Waals surface area contributed by atoms with Gasteiger partial charge in [0.2, 0.25) is 10.0 Å². The number of carboxylic acid groups (broad SMARTS) is 1. The molecule has 1 aliphatic heterocycles. The summed E-state index contributed by atoms with van der Waals surface area (Å²) >= 11 is 5.86. The topological polar surface area (TPSA) is 87.2 Å². The third kappa shape index (κ3) is 5.07. The quantitative estimate of drug-likeness (QED) is 0.617. The van der Waals surface area contributed by atoms with Crippen molar-refractivity contribution in [2.75, 3.05) is 18.0 Å². The Balaban J connectivity index is 1.60. The highest BCUT2D eigenvalue weighted by Gasteiger charge is 2.41. The van der Waals surface area contributed by atoms with E-state index in [9.17, 15) is 31.5 Å². The van der Waals surface area contributed by atoms with E-state index in [4.69, 9.17) is 11.6 Å². The average Bonchev–Trinajstić information content (AvgIpc) is 3.18. The summed E-state index contributed by atoms with van der Waals surface area (Å²) in [5.41, 5.74) is 1.68. The van der Waals surface area contributed by atoms with E-state index in [2.05, 4.69) is 4.74 Å². The summed E-state index contributed by atoms with van der Waals surface area (Å²) in [5, 5.41) is 9.21. The predicted molar refractivity (Wildman–Crippen MR) is 123 cm³/mol. The molecule has 190 valence electrons. The lowest BCUT2D eigenvalue weighted by Crippen LogP contribution is -2.58. The molecule has 3 atom stereocenters. The molecule has 2 aromatic rings. The van der Waals surface area contributed by atoms with Crippen LogP contribution in [0.1, 0.15) is 25.0 Å². The number of carbonyl (C=O) groups is 1. The average molecular weight is 533 g/mol. The summed E-state index contributed by atoms with van der Waals surface area (Å²) in [6.45, 7) is 3.91. The Hall–Kier alpha value is -2.50. The molecule has 0 bridgehead atoms. The van der Waals surface area contributed by atoms with Crippen LogP contribution in [-0.2, 0) is 27.7 Å². The molecular formula is C23H24ClF3N2O5S. The molecule has 7 nitrogen and oxygen atoms in total. The van der Waals surface area contributed by atoms with Gasteiger partial charge in [-0.3, -0.25) is 4.79 Å². The highest BCUT2D eigenvalue weighted by molar-refractivity contribution is 7.89. The van der Waals surface area contributed by atoms with Gasteiger partial charge in [-0.25, -0.2) is 8.42 Å². The van der Waals surface area contributed by atoms with Crippen LogP contribution < -0.4 is 9.64 Å². The zero-order valence-electron chi connectivity index (χ0n) is 18.9. The highest BCUT2D eigenvalue weighted by Crippen LogP contribution is 2.38. The molecule has 1 fully saturated rings. The van der Waals surface area contributed by atoms with Gasteiger partial charge in [-0.05, 0) is 56.0 Å². The van der Waals surface area contributed by atoms with Gasteiger partial charge in [-0.2, -0.15) is 4.31 Å². The molecule has 1 N–H and O–H groups in total. The van der Waals surface area contributed by atoms with Crippen molar-refractivity contribution >= 4 is 33.3 Å². The fourth-order valence-electron chi connectivity index (χ4n) is 5.03. The maximum atomic E-state index is 13.7. The maximum Gasteiger partial charge on any atom is 0.573 e. The Labute approximate surface area is 206 Å². The van der Waals surface area contributed by atoms with Crippen molar-refractivity contribution in [3.63, 3.8) is 0 Å². The maximum absolute atomic E-state index is 13.7. The van der Waals surface area contributed by atoms with Crippen LogP contribution in [0.3, 0.4) is 0 Å². The van der Waals surface area contributed by atoms with Gasteiger partial charge < -0.3 is 14.7 Å². The number of aliphatic carboxylic acids is 1. The second-order valence-corrected chi connectivity index (χ2v) is 11.2. The third-order valence-electron chi connectivity index (χ3n) is 6.40. The molecule has 1 aliphatic carbocycles. The van der Waals surface area contributed by atoms with Crippen molar-refractivity contribution in [1.82, 2.24) is 4.31 Å². The molecule has 0 aromatic heterocycles. The first-order chi connectivity index (χ1) is 16.3. The van der Waals surface area contributed by atoms with E-state index in [-0.39, 0.29) is 35.8 Å². The number of benzene rings is 2. The van der Waals surface area contributed by atoms with Crippen LogP contribution >= 0.6 is 11.6 Å². The molecular weight excluding hydrogens is 509 g/mol. The molecule has 4 rings (SSSR count). The number of carboxylic acids is 1. The smallest absolute Gasteiger partial charge is 0.481 e. The number of ether oxygens (including phenoxy) is 1. The largest absolute Gasteiger partial charge is 0.573 e. The Morgan fingerprint density at radius 1 is 1.11 bits per heavy atom. The van der Waals surface area contributed by atoms with Gasteiger partial charge in [0.15, 0.2) is 0 Å². The predicted octanol–water partition coefficient (Wildman–Crippen LogP) is 4.33. The van der Waals surface area contributed by atoms with Crippen molar-refractivity contribution in [3.05, 3.63) is 52.5 Å². The summed E-state index contributed by atoms with van der Waals surface area (Å²) in [4.78, 5) is 13.4. The second-order valence-electron chi connectivity index (χ2n) is 8.94. The second kappa shape index (κ2) is 9.18. The Kier molecular flexibility index (Phi) is 6.71. The van der Waals surface area contributed by atoms with Crippen LogP contribution in [0.4, 0.5) is 18.9 Å². The summed E-state index contributed by atoms with van der Waals surface area (Å²) in [6.07, 6.45) is -4.47. The number of hydrogen-bond donors (Lipinski definition) is 1. The number of anilines is 1. The van der Waals surface area contributed by atoms with E-state index in [0.29, 0.717) is 11.3 Å². The van der Waals surface area contributed by atoms with Crippen molar-refractivity contribution in [2.24, 2.45) is 5.92 Å². The van der Waals surface area contributed by atoms with Crippen LogP contribution in [0.2, 0.25) is 5.02 Å². The first kappa shape index (κ1) is 25.6. The molecule has 1 heterocycles. The lowest BCUT2D eigenvalue weighted by atomic mass is 10.1. The van der Waals surface area contributed by atoms with E-state index >= 15 is 0 Å². The highest BCUT2D eigenvalue weighted by atomic mass is 35.5. The van der Waals surface area contributed by atoms with Crippen molar-refractivity contribution in [2.45, 2.75) is 50.0 Å². The number of alkyl halides is 3. The molecule has 3 unspecified atom stereocenters. The monoisotopic (exact) mass is 532 g/mol. The number of hydrogen-bond acceptors (Lipinski definition) is 5. The molecule has 2 aliphatic rings. The number of nitrogens with zero attached hydrogens (tertiary/aromatic N) is 2. The lowest BCUT2D eigenvalue weighted by molar-refractivity contribution is -0.274. The van der Waals surface area contributed by atoms with E-state index in [1.54, 1.807) is 36.9 Å². The fraction of sp³-hybridized carbons (Fsp3) is 0.435.